The van der Waals surface area contributed by atoms with Gasteiger partial charge in [0.25, 0.3) is 0 Å². The summed E-state index contributed by atoms with van der Waals surface area (Å²) < 4.78 is 18.2. The van der Waals surface area contributed by atoms with Crippen LogP contribution in [-0.2, 0) is 25.5 Å². The second kappa shape index (κ2) is 8.11. The molecule has 0 aliphatic rings. The lowest BCUT2D eigenvalue weighted by molar-refractivity contribution is -0.144. The standard InChI is InChI=1S/C15H19FN2O4/c1-9(15(21)22-3)17-14(20)13(18-10(2)19)8-11-6-4-5-7-12(11)16/h4-7,9,13H,8H2,1-3H3,(H,17,20)(H,18,19)/t9-,13+/m1/s1. The fraction of sp³-hybridized carbons (Fsp3) is 0.400. The van der Waals surface area contributed by atoms with Gasteiger partial charge >= 0.3 is 5.97 Å². The third-order valence-electron chi connectivity index (χ3n) is 2.99. The molecule has 6 nitrogen and oxygen atoms in total. The zero-order chi connectivity index (χ0) is 16.7. The lowest BCUT2D eigenvalue weighted by Gasteiger charge is -2.20. The number of esters is 1. The first-order valence-corrected chi connectivity index (χ1v) is 6.73. The van der Waals surface area contributed by atoms with E-state index in [-0.39, 0.29) is 6.42 Å². The van der Waals surface area contributed by atoms with Gasteiger partial charge in [-0.05, 0) is 18.6 Å². The third kappa shape index (κ3) is 5.16. The first-order chi connectivity index (χ1) is 10.3. The van der Waals surface area contributed by atoms with Gasteiger partial charge < -0.3 is 15.4 Å². The molecular weight excluding hydrogens is 291 g/mol. The van der Waals surface area contributed by atoms with E-state index in [0.29, 0.717) is 5.56 Å². The topological polar surface area (TPSA) is 84.5 Å². The van der Waals surface area contributed by atoms with Gasteiger partial charge in [-0.3, -0.25) is 9.59 Å². The minimum absolute atomic E-state index is 0.0218. The Morgan fingerprint density at radius 1 is 1.23 bits per heavy atom. The first kappa shape index (κ1) is 17.6. The number of ether oxygens (including phenoxy) is 1. The molecule has 7 heteroatoms. The van der Waals surface area contributed by atoms with E-state index >= 15 is 0 Å². The number of carbonyl (C=O) groups is 3. The van der Waals surface area contributed by atoms with Crippen molar-refractivity contribution < 1.29 is 23.5 Å². The molecule has 1 rings (SSSR count). The molecule has 2 N–H and O–H groups in total. The van der Waals surface area contributed by atoms with Gasteiger partial charge in [0.2, 0.25) is 11.8 Å². The number of nitrogens with one attached hydrogen (secondary N) is 2. The van der Waals surface area contributed by atoms with Crippen molar-refractivity contribution in [2.45, 2.75) is 32.4 Å². The highest BCUT2D eigenvalue weighted by atomic mass is 19.1. The molecule has 0 spiro atoms. The van der Waals surface area contributed by atoms with Crippen molar-refractivity contribution in [3.05, 3.63) is 35.6 Å². The molecular formula is C15H19FN2O4. The Morgan fingerprint density at radius 2 is 1.86 bits per heavy atom. The molecule has 0 unspecified atom stereocenters. The van der Waals surface area contributed by atoms with E-state index in [9.17, 15) is 18.8 Å². The summed E-state index contributed by atoms with van der Waals surface area (Å²) in [4.78, 5) is 34.7. The van der Waals surface area contributed by atoms with Gasteiger partial charge in [0.1, 0.15) is 17.9 Å². The van der Waals surface area contributed by atoms with E-state index in [2.05, 4.69) is 15.4 Å². The smallest absolute Gasteiger partial charge is 0.328 e. The van der Waals surface area contributed by atoms with Crippen LogP contribution in [0.15, 0.2) is 24.3 Å². The van der Waals surface area contributed by atoms with Crippen LogP contribution in [0.5, 0.6) is 0 Å². The second-order valence-electron chi connectivity index (χ2n) is 4.80. The number of hydrogen-bond acceptors (Lipinski definition) is 4. The monoisotopic (exact) mass is 310 g/mol. The predicted molar refractivity (Wildman–Crippen MR) is 77.3 cm³/mol. The van der Waals surface area contributed by atoms with Gasteiger partial charge in [-0.15, -0.1) is 0 Å². The number of methoxy groups -OCH3 is 1. The fourth-order valence-corrected chi connectivity index (χ4v) is 1.89. The van der Waals surface area contributed by atoms with Gasteiger partial charge in [0, 0.05) is 13.3 Å². The average Bonchev–Trinajstić information content (AvgIpc) is 2.47. The molecule has 0 saturated heterocycles. The summed E-state index contributed by atoms with van der Waals surface area (Å²) in [7, 11) is 1.20. The predicted octanol–water partition coefficient (Wildman–Crippen LogP) is 0.551. The molecule has 0 fully saturated rings. The number of rotatable bonds is 6. The summed E-state index contributed by atoms with van der Waals surface area (Å²) in [6.07, 6.45) is -0.0218. The molecule has 0 saturated carbocycles. The highest BCUT2D eigenvalue weighted by Crippen LogP contribution is 2.09. The van der Waals surface area contributed by atoms with Crippen LogP contribution in [0.2, 0.25) is 0 Å². The summed E-state index contributed by atoms with van der Waals surface area (Å²) in [6.45, 7) is 2.71. The van der Waals surface area contributed by atoms with E-state index in [1.54, 1.807) is 6.07 Å². The van der Waals surface area contributed by atoms with Crippen molar-refractivity contribution in [1.82, 2.24) is 10.6 Å². The molecule has 0 radical (unpaired) electrons. The SMILES string of the molecule is COC(=O)[C@@H](C)NC(=O)[C@H](Cc1ccccc1F)NC(C)=O. The fourth-order valence-electron chi connectivity index (χ4n) is 1.89. The van der Waals surface area contributed by atoms with E-state index in [4.69, 9.17) is 0 Å². The Hall–Kier alpha value is -2.44. The minimum atomic E-state index is -0.985. The number of benzene rings is 1. The van der Waals surface area contributed by atoms with Crippen molar-refractivity contribution in [2.75, 3.05) is 7.11 Å². The van der Waals surface area contributed by atoms with Crippen LogP contribution in [0.3, 0.4) is 0 Å². The van der Waals surface area contributed by atoms with Crippen molar-refractivity contribution in [1.29, 1.82) is 0 Å². The minimum Gasteiger partial charge on any atom is -0.467 e. The normalized spacial score (nSPS) is 12.9. The average molecular weight is 310 g/mol. The maximum Gasteiger partial charge on any atom is 0.328 e. The number of carbonyl (C=O) groups excluding carboxylic acids is 3. The Balaban J connectivity index is 2.84. The van der Waals surface area contributed by atoms with Crippen LogP contribution in [0, 0.1) is 5.82 Å². The van der Waals surface area contributed by atoms with Crippen LogP contribution in [0.4, 0.5) is 4.39 Å². The zero-order valence-corrected chi connectivity index (χ0v) is 12.7. The Morgan fingerprint density at radius 3 is 2.41 bits per heavy atom. The summed E-state index contributed by atoms with van der Waals surface area (Å²) in [5, 5.41) is 4.87. The molecule has 0 aliphatic carbocycles. The van der Waals surface area contributed by atoms with Crippen LogP contribution in [-0.4, -0.2) is 37.0 Å². The summed E-state index contributed by atoms with van der Waals surface area (Å²) in [5.41, 5.74) is 0.294. The molecule has 22 heavy (non-hydrogen) atoms. The summed E-state index contributed by atoms with van der Waals surface area (Å²) in [5.74, 6) is -2.09. The van der Waals surface area contributed by atoms with Gasteiger partial charge in [-0.1, -0.05) is 18.2 Å². The molecule has 0 aliphatic heterocycles. The van der Waals surface area contributed by atoms with Crippen LogP contribution < -0.4 is 10.6 Å². The maximum atomic E-state index is 13.7. The van der Waals surface area contributed by atoms with Crippen molar-refractivity contribution in [2.24, 2.45) is 0 Å². The summed E-state index contributed by atoms with van der Waals surface area (Å²) in [6, 6.07) is 4.12. The molecule has 2 atom stereocenters. The number of halogens is 1. The molecule has 1 aromatic rings. The van der Waals surface area contributed by atoms with Crippen molar-refractivity contribution >= 4 is 17.8 Å². The van der Waals surface area contributed by atoms with Gasteiger partial charge in [0.15, 0.2) is 0 Å². The van der Waals surface area contributed by atoms with Crippen LogP contribution >= 0.6 is 0 Å². The quantitative estimate of drug-likeness (QED) is 0.752. The van der Waals surface area contributed by atoms with E-state index < -0.39 is 35.7 Å². The lowest BCUT2D eigenvalue weighted by Crippen LogP contribution is -2.51. The molecule has 0 bridgehead atoms. The van der Waals surface area contributed by atoms with Crippen molar-refractivity contribution in [3.63, 3.8) is 0 Å². The van der Waals surface area contributed by atoms with E-state index in [1.165, 1.54) is 39.2 Å². The summed E-state index contributed by atoms with van der Waals surface area (Å²) >= 11 is 0. The Labute approximate surface area is 128 Å². The lowest BCUT2D eigenvalue weighted by atomic mass is 10.0. The molecule has 120 valence electrons. The number of amides is 2. The number of hydrogen-bond donors (Lipinski definition) is 2. The molecule has 1 aromatic carbocycles. The Bertz CT molecular complexity index is 562. The Kier molecular flexibility index (Phi) is 6.49. The maximum absolute atomic E-state index is 13.7. The van der Waals surface area contributed by atoms with E-state index in [1.807, 2.05) is 0 Å². The molecule has 0 aromatic heterocycles. The van der Waals surface area contributed by atoms with Gasteiger partial charge in [0.05, 0.1) is 7.11 Å². The molecule has 2 amide bonds. The van der Waals surface area contributed by atoms with Crippen LogP contribution in [0.1, 0.15) is 19.4 Å². The van der Waals surface area contributed by atoms with Crippen molar-refractivity contribution in [3.8, 4) is 0 Å². The van der Waals surface area contributed by atoms with Crippen LogP contribution in [0.25, 0.3) is 0 Å². The largest absolute Gasteiger partial charge is 0.467 e. The molecule has 0 heterocycles. The van der Waals surface area contributed by atoms with E-state index in [0.717, 1.165) is 0 Å². The highest BCUT2D eigenvalue weighted by Gasteiger charge is 2.25. The zero-order valence-electron chi connectivity index (χ0n) is 12.7. The van der Waals surface area contributed by atoms with Gasteiger partial charge in [-0.2, -0.15) is 0 Å². The first-order valence-electron chi connectivity index (χ1n) is 6.73. The third-order valence-corrected chi connectivity index (χ3v) is 2.99. The van der Waals surface area contributed by atoms with Gasteiger partial charge in [-0.25, -0.2) is 9.18 Å². The highest BCUT2D eigenvalue weighted by molar-refractivity contribution is 5.90. The second-order valence-corrected chi connectivity index (χ2v) is 4.80.